The van der Waals surface area contributed by atoms with E-state index in [0.29, 0.717) is 5.52 Å². The first-order valence-electron chi connectivity index (χ1n) is 6.11. The molecule has 0 aromatic carbocycles. The number of H-pyrrole nitrogens is 1. The summed E-state index contributed by atoms with van der Waals surface area (Å²) in [6, 6.07) is 2.54. The average Bonchev–Trinajstić information content (AvgIpc) is 2.51. The van der Waals surface area contributed by atoms with Crippen LogP contribution in [0.3, 0.4) is 0 Å². The summed E-state index contributed by atoms with van der Waals surface area (Å²) < 4.78 is 4.29. The van der Waals surface area contributed by atoms with Crippen LogP contribution in [0.4, 0.5) is 5.69 Å². The zero-order chi connectivity index (χ0) is 17.9. The van der Waals surface area contributed by atoms with Gasteiger partial charge in [0.25, 0.3) is 0 Å². The van der Waals surface area contributed by atoms with E-state index in [2.05, 4.69) is 19.4 Å². The molecule has 0 aliphatic carbocycles. The van der Waals surface area contributed by atoms with E-state index in [-0.39, 0.29) is 26.9 Å². The van der Waals surface area contributed by atoms with Crippen molar-refractivity contribution < 1.29 is 14.3 Å². The quantitative estimate of drug-likeness (QED) is 0.545. The number of rotatable bonds is 1. The van der Waals surface area contributed by atoms with Crippen LogP contribution in [0.5, 0.6) is 0 Å². The van der Waals surface area contributed by atoms with Crippen LogP contribution in [0.25, 0.3) is 10.9 Å². The van der Waals surface area contributed by atoms with Crippen LogP contribution < -0.4 is 17.1 Å². The van der Waals surface area contributed by atoms with Crippen molar-refractivity contribution >= 4 is 45.8 Å². The van der Waals surface area contributed by atoms with Crippen molar-refractivity contribution in [3.63, 3.8) is 0 Å². The van der Waals surface area contributed by atoms with Crippen LogP contribution in [0.15, 0.2) is 38.5 Å². The molecule has 0 radical (unpaired) electrons. The molecule has 0 amide bonds. The Kier molecular flexibility index (Phi) is 5.17. The van der Waals surface area contributed by atoms with Gasteiger partial charge in [-0.1, -0.05) is 23.2 Å². The number of carbonyl (C=O) groups is 1. The van der Waals surface area contributed by atoms with Crippen LogP contribution in [0.1, 0.15) is 10.4 Å². The van der Waals surface area contributed by atoms with E-state index in [4.69, 9.17) is 34.0 Å². The van der Waals surface area contributed by atoms with Gasteiger partial charge in [-0.3, -0.25) is 4.98 Å². The van der Waals surface area contributed by atoms with Crippen molar-refractivity contribution in [2.75, 3.05) is 5.73 Å². The minimum absolute atomic E-state index is 0.0231. The van der Waals surface area contributed by atoms with Gasteiger partial charge in [0, 0.05) is 0 Å². The third kappa shape index (κ3) is 4.09. The Hall–Kier alpha value is -2.91. The largest absolute Gasteiger partial charge is 0.478 e. The number of carboxylic acid groups (broad SMARTS) is 1. The lowest BCUT2D eigenvalue weighted by Crippen LogP contribution is -2.14. The Morgan fingerprint density at radius 1 is 1.17 bits per heavy atom. The van der Waals surface area contributed by atoms with Crippen LogP contribution in [0, 0.1) is 0 Å². The van der Waals surface area contributed by atoms with E-state index >= 15 is 0 Å². The van der Waals surface area contributed by atoms with Gasteiger partial charge in [0.15, 0.2) is 0 Å². The number of anilines is 1. The lowest BCUT2D eigenvalue weighted by Gasteiger charge is -1.98. The predicted octanol–water partition coefficient (Wildman–Crippen LogP) is 1.55. The van der Waals surface area contributed by atoms with E-state index < -0.39 is 17.4 Å². The molecule has 3 rings (SSSR count). The van der Waals surface area contributed by atoms with Crippen molar-refractivity contribution in [3.05, 3.63) is 61.4 Å². The van der Waals surface area contributed by atoms with Gasteiger partial charge in [0.05, 0.1) is 34.5 Å². The molecule has 3 aromatic heterocycles. The van der Waals surface area contributed by atoms with E-state index in [1.165, 1.54) is 24.5 Å². The Bertz CT molecular complexity index is 1030. The summed E-state index contributed by atoms with van der Waals surface area (Å²) in [6.07, 6.45) is 2.52. The Balaban J connectivity index is 0.000000177. The molecule has 0 fully saturated rings. The Morgan fingerprint density at radius 2 is 1.79 bits per heavy atom. The molecule has 24 heavy (non-hydrogen) atoms. The second kappa shape index (κ2) is 7.11. The number of carboxylic acids is 1. The first-order valence-corrected chi connectivity index (χ1v) is 6.86. The second-order valence-corrected chi connectivity index (χ2v) is 5.03. The Morgan fingerprint density at radius 3 is 2.42 bits per heavy atom. The fraction of sp³-hybridized carbons (Fsp3) is 0. The fourth-order valence-corrected chi connectivity index (χ4v) is 1.91. The van der Waals surface area contributed by atoms with Gasteiger partial charge in [-0.15, -0.1) is 0 Å². The van der Waals surface area contributed by atoms with E-state index in [0.717, 1.165) is 0 Å². The van der Waals surface area contributed by atoms with Gasteiger partial charge >= 0.3 is 17.4 Å². The van der Waals surface area contributed by atoms with E-state index in [1.807, 2.05) is 0 Å². The van der Waals surface area contributed by atoms with Crippen molar-refractivity contribution in [2.45, 2.75) is 0 Å². The number of nitrogen functional groups attached to an aromatic ring is 1. The lowest BCUT2D eigenvalue weighted by molar-refractivity contribution is 0.0698. The van der Waals surface area contributed by atoms with Crippen LogP contribution in [0.2, 0.25) is 10.3 Å². The van der Waals surface area contributed by atoms with Gasteiger partial charge in [-0.2, -0.15) is 0 Å². The number of nitrogens with one attached hydrogen (secondary N) is 1. The number of pyridine rings is 2. The summed E-state index contributed by atoms with van der Waals surface area (Å²) in [5.74, 6) is -1.91. The monoisotopic (exact) mass is 370 g/mol. The summed E-state index contributed by atoms with van der Waals surface area (Å²) in [5.41, 5.74) is 4.97. The number of aromatic nitrogens is 3. The van der Waals surface area contributed by atoms with Gasteiger partial charge < -0.3 is 15.3 Å². The molecule has 0 saturated heterocycles. The smallest absolute Gasteiger partial charge is 0.419 e. The highest BCUT2D eigenvalue weighted by atomic mass is 35.5. The highest BCUT2D eigenvalue weighted by Gasteiger charge is 2.07. The molecule has 3 heterocycles. The minimum atomic E-state index is -1.10. The molecule has 0 atom stereocenters. The summed E-state index contributed by atoms with van der Waals surface area (Å²) in [7, 11) is 0. The molecule has 11 heteroatoms. The molecule has 124 valence electrons. The third-order valence-electron chi connectivity index (χ3n) is 2.64. The number of halogens is 2. The number of aromatic carboxylic acids is 1. The lowest BCUT2D eigenvalue weighted by atomic mass is 10.2. The molecular formula is C13H8Cl2N4O5. The molecule has 0 spiro atoms. The molecule has 4 N–H and O–H groups in total. The molecule has 0 bridgehead atoms. The first-order chi connectivity index (χ1) is 11.3. The molecule has 0 aliphatic rings. The van der Waals surface area contributed by atoms with Gasteiger partial charge in [0.1, 0.15) is 10.3 Å². The number of hydrogen-bond donors (Lipinski definition) is 3. The van der Waals surface area contributed by atoms with Crippen LogP contribution >= 0.6 is 23.2 Å². The number of hydrogen-bond acceptors (Lipinski definition) is 7. The molecule has 0 saturated carbocycles. The summed E-state index contributed by atoms with van der Waals surface area (Å²) in [4.78, 5) is 41.8. The minimum Gasteiger partial charge on any atom is -0.478 e. The topological polar surface area (TPSA) is 152 Å². The zero-order valence-corrected chi connectivity index (χ0v) is 13.1. The normalized spacial score (nSPS) is 10.1. The number of nitrogens with zero attached hydrogens (tertiary/aromatic N) is 2. The summed E-state index contributed by atoms with van der Waals surface area (Å²) in [5, 5.41) is 9.03. The summed E-state index contributed by atoms with van der Waals surface area (Å²) in [6.45, 7) is 0. The second-order valence-electron chi connectivity index (χ2n) is 4.25. The molecule has 0 aliphatic heterocycles. The van der Waals surface area contributed by atoms with Gasteiger partial charge in [-0.05, 0) is 12.1 Å². The predicted molar refractivity (Wildman–Crippen MR) is 86.5 cm³/mol. The third-order valence-corrected chi connectivity index (χ3v) is 3.06. The van der Waals surface area contributed by atoms with Crippen molar-refractivity contribution in [2.24, 2.45) is 0 Å². The highest BCUT2D eigenvalue weighted by molar-refractivity contribution is 6.30. The number of nitrogens with two attached hydrogens (primary N) is 1. The average molecular weight is 371 g/mol. The zero-order valence-electron chi connectivity index (χ0n) is 11.6. The number of fused-ring (bicyclic) bond motifs is 1. The maximum atomic E-state index is 11.1. The van der Waals surface area contributed by atoms with Crippen molar-refractivity contribution in [3.8, 4) is 0 Å². The van der Waals surface area contributed by atoms with Gasteiger partial charge in [0.2, 0.25) is 0 Å². The van der Waals surface area contributed by atoms with E-state index in [1.54, 1.807) is 0 Å². The van der Waals surface area contributed by atoms with Crippen molar-refractivity contribution in [1.82, 2.24) is 15.0 Å². The maximum absolute atomic E-state index is 11.1. The maximum Gasteiger partial charge on any atom is 0.419 e. The van der Waals surface area contributed by atoms with E-state index in [9.17, 15) is 14.4 Å². The van der Waals surface area contributed by atoms with Gasteiger partial charge in [-0.25, -0.2) is 24.4 Å². The van der Waals surface area contributed by atoms with Crippen LogP contribution in [-0.2, 0) is 0 Å². The summed E-state index contributed by atoms with van der Waals surface area (Å²) >= 11 is 11.0. The van der Waals surface area contributed by atoms with Crippen molar-refractivity contribution in [1.29, 1.82) is 0 Å². The molecule has 3 aromatic rings. The molecule has 9 nitrogen and oxygen atoms in total. The molecule has 0 unspecified atom stereocenters. The van der Waals surface area contributed by atoms with Crippen LogP contribution in [-0.4, -0.2) is 26.0 Å². The number of aromatic amines is 1. The Labute approximate surface area is 142 Å². The first kappa shape index (κ1) is 17.4. The highest BCUT2D eigenvalue weighted by Crippen LogP contribution is 2.14. The fourth-order valence-electron chi connectivity index (χ4n) is 1.60. The molecular weight excluding hydrogens is 363 g/mol. The SMILES string of the molecule is Nc1cnc(Cl)cc1C(=O)O.O=c1[nH]c2cnc(Cl)cc2c(=O)o1. The standard InChI is InChI=1S/C7H3ClN2O3.C6H5ClN2O2/c8-5-1-3-4(2-9-5)10-7(12)13-6(3)11;7-5-1-3(6(10)11)4(8)2-9-5/h1-2H,(H,10,12);1-2H,8H2,(H,10,11).